The highest BCUT2D eigenvalue weighted by Gasteiger charge is 2.16. The number of hydrogen-bond acceptors (Lipinski definition) is 10. The number of benzene rings is 4. The maximum atomic E-state index is 12.9. The number of ether oxygens (including phenoxy) is 2. The molecule has 4 aromatic rings. The number of rotatable bonds is 23. The van der Waals surface area contributed by atoms with Crippen LogP contribution >= 0.6 is 0 Å². The van der Waals surface area contributed by atoms with E-state index in [1.807, 2.05) is 55.5 Å². The van der Waals surface area contributed by atoms with Gasteiger partial charge in [0.1, 0.15) is 48.4 Å². The van der Waals surface area contributed by atoms with Gasteiger partial charge in [0.05, 0.1) is 0 Å². The smallest absolute Gasteiger partial charge is 0.321 e. The SMILES string of the molecule is CC(CCCNC(=O)Nc1ccc(CCNC[C@H](O)COc2ccc(O)cc2)cc1)N(C)C(=O)Nc1ccc(CCNC[C@H](O)COc2ccc(O)cc2)cc1. The van der Waals surface area contributed by atoms with Crippen LogP contribution in [0.25, 0.3) is 0 Å². The van der Waals surface area contributed by atoms with Crippen LogP contribution in [-0.4, -0.2) is 109 Å². The van der Waals surface area contributed by atoms with Crippen molar-refractivity contribution in [1.82, 2.24) is 20.9 Å². The maximum absolute atomic E-state index is 12.9. The van der Waals surface area contributed by atoms with Gasteiger partial charge in [-0.25, -0.2) is 9.59 Å². The van der Waals surface area contributed by atoms with Crippen LogP contribution in [0.15, 0.2) is 97.1 Å². The first-order valence-electron chi connectivity index (χ1n) is 18.9. The van der Waals surface area contributed by atoms with Crippen molar-refractivity contribution in [2.75, 3.05) is 63.6 Å². The van der Waals surface area contributed by atoms with Gasteiger partial charge < -0.3 is 61.4 Å². The Labute approximate surface area is 328 Å². The standard InChI is InChI=1S/C42H56N6O8/c1-30(48(2)42(54)47-34-11-7-32(8-12-34)22-25-44-27-38(52)29-56-40-19-15-36(50)16-20-40)4-3-23-45-41(53)46-33-9-5-31(6-10-33)21-24-43-26-37(51)28-55-39-17-13-35(49)14-18-39/h5-20,30,37-38,43-44,49-52H,3-4,21-29H2,1-2H3,(H,47,54)(H2,45,46,53)/t30?,37-,38-/m0/s1. The van der Waals surface area contributed by atoms with Crippen LogP contribution in [0.2, 0.25) is 0 Å². The predicted octanol–water partition coefficient (Wildman–Crippen LogP) is 4.70. The monoisotopic (exact) mass is 772 g/mol. The summed E-state index contributed by atoms with van der Waals surface area (Å²) in [7, 11) is 1.75. The number of amides is 4. The van der Waals surface area contributed by atoms with Crippen LogP contribution in [0.1, 0.15) is 30.9 Å². The molecule has 0 bridgehead atoms. The maximum Gasteiger partial charge on any atom is 0.321 e. The zero-order chi connectivity index (χ0) is 40.1. The molecule has 302 valence electrons. The van der Waals surface area contributed by atoms with Crippen molar-refractivity contribution in [2.24, 2.45) is 0 Å². The molecule has 0 aliphatic rings. The highest BCUT2D eigenvalue weighted by Crippen LogP contribution is 2.18. The molecule has 0 fully saturated rings. The van der Waals surface area contributed by atoms with Crippen molar-refractivity contribution >= 4 is 23.4 Å². The Morgan fingerprint density at radius 2 is 1.09 bits per heavy atom. The fraction of sp³-hybridized carbons (Fsp3) is 0.381. The van der Waals surface area contributed by atoms with Gasteiger partial charge in [0.25, 0.3) is 0 Å². The lowest BCUT2D eigenvalue weighted by Gasteiger charge is -2.25. The van der Waals surface area contributed by atoms with Crippen LogP contribution < -0.4 is 36.1 Å². The van der Waals surface area contributed by atoms with E-state index in [4.69, 9.17) is 9.47 Å². The molecule has 0 saturated heterocycles. The fourth-order valence-electron chi connectivity index (χ4n) is 5.48. The number of carbonyl (C=O) groups is 2. The third-order valence-electron chi connectivity index (χ3n) is 8.98. The first-order chi connectivity index (χ1) is 27.0. The summed E-state index contributed by atoms with van der Waals surface area (Å²) in [5.41, 5.74) is 3.56. The van der Waals surface area contributed by atoms with Gasteiger partial charge in [-0.1, -0.05) is 24.3 Å². The molecule has 1 unspecified atom stereocenters. The number of hydrogen-bond donors (Lipinski definition) is 9. The van der Waals surface area contributed by atoms with Gasteiger partial charge in [-0.2, -0.15) is 0 Å². The molecule has 4 rings (SSSR count). The zero-order valence-electron chi connectivity index (χ0n) is 32.1. The lowest BCUT2D eigenvalue weighted by Crippen LogP contribution is -2.39. The van der Waals surface area contributed by atoms with Crippen LogP contribution in [0, 0.1) is 0 Å². The second-order valence-electron chi connectivity index (χ2n) is 13.6. The number of phenolic OH excluding ortho intramolecular Hbond substituents is 2. The Balaban J connectivity index is 1.01. The van der Waals surface area contributed by atoms with Crippen molar-refractivity contribution in [3.63, 3.8) is 0 Å². The summed E-state index contributed by atoms with van der Waals surface area (Å²) in [5, 5.41) is 54.1. The summed E-state index contributed by atoms with van der Waals surface area (Å²) in [6.45, 7) is 4.82. The number of nitrogens with one attached hydrogen (secondary N) is 5. The van der Waals surface area contributed by atoms with Crippen LogP contribution in [0.4, 0.5) is 21.0 Å². The molecule has 0 aromatic heterocycles. The number of phenols is 2. The molecular weight excluding hydrogens is 716 g/mol. The van der Waals surface area contributed by atoms with E-state index >= 15 is 0 Å². The second kappa shape index (κ2) is 23.4. The van der Waals surface area contributed by atoms with E-state index in [9.17, 15) is 30.0 Å². The number of anilines is 2. The Kier molecular flexibility index (Phi) is 18.0. The minimum Gasteiger partial charge on any atom is -0.508 e. The van der Waals surface area contributed by atoms with Crippen LogP contribution in [0.5, 0.6) is 23.0 Å². The molecule has 0 saturated carbocycles. The normalized spacial score (nSPS) is 12.6. The first kappa shape index (κ1) is 43.2. The molecule has 4 amide bonds. The van der Waals surface area contributed by atoms with E-state index < -0.39 is 12.2 Å². The molecule has 0 aliphatic carbocycles. The fourth-order valence-corrected chi connectivity index (χ4v) is 5.48. The number of aliphatic hydroxyl groups excluding tert-OH is 2. The molecule has 3 atom stereocenters. The number of aromatic hydroxyl groups is 2. The van der Waals surface area contributed by atoms with Gasteiger partial charge >= 0.3 is 12.1 Å². The molecule has 14 nitrogen and oxygen atoms in total. The lowest BCUT2D eigenvalue weighted by atomic mass is 10.1. The number of urea groups is 2. The van der Waals surface area contributed by atoms with Crippen molar-refractivity contribution < 1.29 is 39.5 Å². The Morgan fingerprint density at radius 1 is 0.643 bits per heavy atom. The molecule has 14 heteroatoms. The Morgan fingerprint density at radius 3 is 1.55 bits per heavy atom. The van der Waals surface area contributed by atoms with E-state index in [2.05, 4.69) is 26.6 Å². The third kappa shape index (κ3) is 16.4. The summed E-state index contributed by atoms with van der Waals surface area (Å²) in [6.07, 6.45) is 1.56. The summed E-state index contributed by atoms with van der Waals surface area (Å²) in [4.78, 5) is 27.0. The van der Waals surface area contributed by atoms with E-state index in [0.29, 0.717) is 68.4 Å². The first-order valence-corrected chi connectivity index (χ1v) is 18.9. The second-order valence-corrected chi connectivity index (χ2v) is 13.6. The molecule has 56 heavy (non-hydrogen) atoms. The van der Waals surface area contributed by atoms with Crippen molar-refractivity contribution in [2.45, 2.75) is 50.9 Å². The quantitative estimate of drug-likeness (QED) is 0.0477. The van der Waals surface area contributed by atoms with Gasteiger partial charge in [-0.3, -0.25) is 0 Å². The topological polar surface area (TPSA) is 197 Å². The van der Waals surface area contributed by atoms with Crippen molar-refractivity contribution in [1.29, 1.82) is 0 Å². The predicted molar refractivity (Wildman–Crippen MR) is 218 cm³/mol. The molecule has 9 N–H and O–H groups in total. The lowest BCUT2D eigenvalue weighted by molar-refractivity contribution is 0.106. The molecule has 0 aliphatic heterocycles. The van der Waals surface area contributed by atoms with Gasteiger partial charge in [-0.05, 0) is 130 Å². The minimum absolute atomic E-state index is 0.0452. The van der Waals surface area contributed by atoms with Crippen LogP contribution in [0.3, 0.4) is 0 Å². The summed E-state index contributed by atoms with van der Waals surface area (Å²) in [5.74, 6) is 1.48. The zero-order valence-corrected chi connectivity index (χ0v) is 32.1. The Hall–Kier alpha value is -5.54. The third-order valence-corrected chi connectivity index (χ3v) is 8.98. The van der Waals surface area contributed by atoms with E-state index in [1.165, 1.54) is 24.3 Å². The van der Waals surface area contributed by atoms with E-state index in [1.54, 1.807) is 36.2 Å². The van der Waals surface area contributed by atoms with Gasteiger partial charge in [0.2, 0.25) is 0 Å². The van der Waals surface area contributed by atoms with E-state index in [-0.39, 0.29) is 42.8 Å². The highest BCUT2D eigenvalue weighted by molar-refractivity contribution is 5.89. The molecule has 0 heterocycles. The molecule has 0 radical (unpaired) electrons. The largest absolute Gasteiger partial charge is 0.508 e. The van der Waals surface area contributed by atoms with Gasteiger partial charge in [0, 0.05) is 44.1 Å². The van der Waals surface area contributed by atoms with Crippen LogP contribution in [-0.2, 0) is 12.8 Å². The van der Waals surface area contributed by atoms with Crippen molar-refractivity contribution in [3.05, 3.63) is 108 Å². The average Bonchev–Trinajstić information content (AvgIpc) is 3.20. The van der Waals surface area contributed by atoms with E-state index in [0.717, 1.165) is 24.0 Å². The minimum atomic E-state index is -0.673. The summed E-state index contributed by atoms with van der Waals surface area (Å²) < 4.78 is 11.0. The van der Waals surface area contributed by atoms with Crippen molar-refractivity contribution in [3.8, 4) is 23.0 Å². The summed E-state index contributed by atoms with van der Waals surface area (Å²) in [6, 6.07) is 27.4. The summed E-state index contributed by atoms with van der Waals surface area (Å²) >= 11 is 0. The number of nitrogens with zero attached hydrogens (tertiary/aromatic N) is 1. The molecular formula is C42H56N6O8. The number of carbonyl (C=O) groups excluding carboxylic acids is 2. The molecule has 0 spiro atoms. The highest BCUT2D eigenvalue weighted by atomic mass is 16.5. The molecule has 4 aromatic carbocycles. The van der Waals surface area contributed by atoms with Gasteiger partial charge in [0.15, 0.2) is 0 Å². The van der Waals surface area contributed by atoms with Gasteiger partial charge in [-0.15, -0.1) is 0 Å². The Bertz CT molecular complexity index is 1730. The average molecular weight is 773 g/mol. The number of aliphatic hydroxyl groups is 2.